The zero-order chi connectivity index (χ0) is 13.0. The second-order valence-corrected chi connectivity index (χ2v) is 4.17. The molecule has 0 aliphatic rings. The van der Waals surface area contributed by atoms with E-state index in [-0.39, 0.29) is 5.75 Å². The minimum Gasteiger partial charge on any atom is -0.504 e. The largest absolute Gasteiger partial charge is 0.504 e. The summed E-state index contributed by atoms with van der Waals surface area (Å²) < 4.78 is 5.08. The number of phenols is 1. The molecule has 0 saturated carbocycles. The average Bonchev–Trinajstić information content (AvgIpc) is 2.39. The van der Waals surface area contributed by atoms with Gasteiger partial charge in [-0.25, -0.2) is 0 Å². The van der Waals surface area contributed by atoms with E-state index in [9.17, 15) is 5.11 Å². The quantitative estimate of drug-likeness (QED) is 0.865. The molecule has 0 aromatic heterocycles. The van der Waals surface area contributed by atoms with Crippen molar-refractivity contribution in [1.29, 1.82) is 0 Å². The van der Waals surface area contributed by atoms with E-state index in [1.165, 1.54) is 5.56 Å². The van der Waals surface area contributed by atoms with E-state index in [2.05, 4.69) is 18.3 Å². The molecule has 18 heavy (non-hydrogen) atoms. The van der Waals surface area contributed by atoms with Gasteiger partial charge in [-0.3, -0.25) is 0 Å². The van der Waals surface area contributed by atoms with E-state index in [1.54, 1.807) is 13.2 Å². The van der Waals surface area contributed by atoms with E-state index in [0.29, 0.717) is 12.3 Å². The first-order valence-electron chi connectivity index (χ1n) is 5.86. The fraction of sp³-hybridized carbons (Fsp3) is 0.200. The maximum absolute atomic E-state index is 9.52. The van der Waals surface area contributed by atoms with Crippen molar-refractivity contribution in [2.75, 3.05) is 12.4 Å². The number of aromatic hydroxyl groups is 1. The topological polar surface area (TPSA) is 41.5 Å². The summed E-state index contributed by atoms with van der Waals surface area (Å²) in [6.07, 6.45) is 0. The number of rotatable bonds is 4. The number of hydrogen-bond donors (Lipinski definition) is 2. The molecular formula is C15H17NO2. The molecule has 2 aromatic carbocycles. The van der Waals surface area contributed by atoms with Gasteiger partial charge in [0, 0.05) is 12.2 Å². The summed E-state index contributed by atoms with van der Waals surface area (Å²) in [4.78, 5) is 0. The van der Waals surface area contributed by atoms with Crippen molar-refractivity contribution in [3.8, 4) is 11.5 Å². The predicted octanol–water partition coefficient (Wildman–Crippen LogP) is 3.32. The second-order valence-electron chi connectivity index (χ2n) is 4.17. The zero-order valence-electron chi connectivity index (χ0n) is 10.6. The number of aryl methyl sites for hydroxylation is 1. The van der Waals surface area contributed by atoms with Crippen LogP contribution in [0.4, 0.5) is 5.69 Å². The summed E-state index contributed by atoms with van der Waals surface area (Å²) in [6, 6.07) is 13.5. The van der Waals surface area contributed by atoms with Gasteiger partial charge in [0.15, 0.2) is 11.5 Å². The number of anilines is 1. The number of hydrogen-bond acceptors (Lipinski definition) is 3. The Labute approximate surface area is 107 Å². The Morgan fingerprint density at radius 2 is 1.94 bits per heavy atom. The van der Waals surface area contributed by atoms with Crippen LogP contribution in [0.1, 0.15) is 11.1 Å². The summed E-state index contributed by atoms with van der Waals surface area (Å²) in [5.41, 5.74) is 3.39. The Morgan fingerprint density at radius 3 is 2.67 bits per heavy atom. The lowest BCUT2D eigenvalue weighted by molar-refractivity contribution is 0.373. The molecule has 0 aliphatic heterocycles. The molecule has 2 N–H and O–H groups in total. The Bertz CT molecular complexity index is 538. The van der Waals surface area contributed by atoms with E-state index < -0.39 is 0 Å². The van der Waals surface area contributed by atoms with Crippen molar-refractivity contribution in [2.24, 2.45) is 0 Å². The molecule has 0 saturated heterocycles. The third-order valence-corrected chi connectivity index (χ3v) is 2.87. The van der Waals surface area contributed by atoms with Crippen molar-refractivity contribution in [3.05, 3.63) is 53.6 Å². The first-order chi connectivity index (χ1) is 8.70. The van der Waals surface area contributed by atoms with E-state index in [0.717, 1.165) is 11.3 Å². The molecule has 0 atom stereocenters. The number of benzene rings is 2. The molecule has 0 unspecified atom stereocenters. The van der Waals surface area contributed by atoms with Crippen LogP contribution in [0, 0.1) is 6.92 Å². The third kappa shape index (κ3) is 2.74. The van der Waals surface area contributed by atoms with Crippen molar-refractivity contribution in [2.45, 2.75) is 13.5 Å². The molecule has 0 heterocycles. The van der Waals surface area contributed by atoms with Gasteiger partial charge in [-0.15, -0.1) is 0 Å². The van der Waals surface area contributed by atoms with Gasteiger partial charge in [0.05, 0.1) is 7.11 Å². The van der Waals surface area contributed by atoms with Gasteiger partial charge in [0.2, 0.25) is 0 Å². The molecule has 3 nitrogen and oxygen atoms in total. The van der Waals surface area contributed by atoms with Crippen LogP contribution in [0.25, 0.3) is 0 Å². The standard InChI is InChI=1S/C15H17NO2/c1-11-5-3-4-6-13(11)16-10-12-7-8-14(17)15(9-12)18-2/h3-9,16-17H,10H2,1-2H3. The van der Waals surface area contributed by atoms with Crippen molar-refractivity contribution in [1.82, 2.24) is 0 Å². The highest BCUT2D eigenvalue weighted by Crippen LogP contribution is 2.26. The lowest BCUT2D eigenvalue weighted by atomic mass is 10.1. The maximum atomic E-state index is 9.52. The molecular weight excluding hydrogens is 226 g/mol. The highest BCUT2D eigenvalue weighted by molar-refractivity contribution is 5.51. The molecule has 0 amide bonds. The molecule has 0 radical (unpaired) electrons. The number of phenolic OH excluding ortho intramolecular Hbond substituents is 1. The van der Waals surface area contributed by atoms with Gasteiger partial charge in [-0.2, -0.15) is 0 Å². The molecule has 3 heteroatoms. The Morgan fingerprint density at radius 1 is 1.17 bits per heavy atom. The SMILES string of the molecule is COc1cc(CNc2ccccc2C)ccc1O. The number of para-hydroxylation sites is 1. The molecule has 2 rings (SSSR count). The summed E-state index contributed by atoms with van der Waals surface area (Å²) in [7, 11) is 1.55. The van der Waals surface area contributed by atoms with Gasteiger partial charge in [-0.05, 0) is 36.2 Å². The number of methoxy groups -OCH3 is 1. The van der Waals surface area contributed by atoms with Gasteiger partial charge in [0.25, 0.3) is 0 Å². The summed E-state index contributed by atoms with van der Waals surface area (Å²) in [6.45, 7) is 2.77. The van der Waals surface area contributed by atoms with Crippen LogP contribution < -0.4 is 10.1 Å². The minimum atomic E-state index is 0.164. The van der Waals surface area contributed by atoms with Gasteiger partial charge in [0.1, 0.15) is 0 Å². The minimum absolute atomic E-state index is 0.164. The van der Waals surface area contributed by atoms with Crippen LogP contribution in [-0.2, 0) is 6.54 Å². The van der Waals surface area contributed by atoms with Crippen LogP contribution in [0.3, 0.4) is 0 Å². The van der Waals surface area contributed by atoms with Crippen LogP contribution in [0.2, 0.25) is 0 Å². The molecule has 94 valence electrons. The van der Waals surface area contributed by atoms with Crippen LogP contribution >= 0.6 is 0 Å². The number of ether oxygens (including phenoxy) is 1. The third-order valence-electron chi connectivity index (χ3n) is 2.87. The number of nitrogens with one attached hydrogen (secondary N) is 1. The zero-order valence-corrected chi connectivity index (χ0v) is 10.6. The fourth-order valence-corrected chi connectivity index (χ4v) is 1.80. The molecule has 0 aliphatic carbocycles. The van der Waals surface area contributed by atoms with Crippen molar-refractivity contribution in [3.63, 3.8) is 0 Å². The van der Waals surface area contributed by atoms with Crippen molar-refractivity contribution >= 4 is 5.69 Å². The summed E-state index contributed by atoms with van der Waals surface area (Å²) in [5, 5.41) is 12.9. The van der Waals surface area contributed by atoms with E-state index in [1.807, 2.05) is 30.3 Å². The van der Waals surface area contributed by atoms with Gasteiger partial charge in [-0.1, -0.05) is 24.3 Å². The molecule has 0 spiro atoms. The normalized spacial score (nSPS) is 10.1. The predicted molar refractivity (Wildman–Crippen MR) is 73.2 cm³/mol. The van der Waals surface area contributed by atoms with Crippen molar-refractivity contribution < 1.29 is 9.84 Å². The summed E-state index contributed by atoms with van der Waals surface area (Å²) in [5.74, 6) is 0.663. The second kappa shape index (κ2) is 5.45. The van der Waals surface area contributed by atoms with E-state index in [4.69, 9.17) is 4.74 Å². The molecule has 0 bridgehead atoms. The molecule has 2 aromatic rings. The Hall–Kier alpha value is -2.16. The highest BCUT2D eigenvalue weighted by Gasteiger charge is 2.03. The highest BCUT2D eigenvalue weighted by atomic mass is 16.5. The smallest absolute Gasteiger partial charge is 0.160 e. The average molecular weight is 243 g/mol. The monoisotopic (exact) mass is 243 g/mol. The first-order valence-corrected chi connectivity index (χ1v) is 5.86. The van der Waals surface area contributed by atoms with Crippen LogP contribution in [-0.4, -0.2) is 12.2 Å². The Balaban J connectivity index is 2.09. The van der Waals surface area contributed by atoms with E-state index >= 15 is 0 Å². The lowest BCUT2D eigenvalue weighted by Crippen LogP contribution is -2.01. The van der Waals surface area contributed by atoms with Gasteiger partial charge >= 0.3 is 0 Å². The van der Waals surface area contributed by atoms with Crippen LogP contribution in [0.15, 0.2) is 42.5 Å². The lowest BCUT2D eigenvalue weighted by Gasteiger charge is -2.10. The maximum Gasteiger partial charge on any atom is 0.160 e. The van der Waals surface area contributed by atoms with Gasteiger partial charge < -0.3 is 15.2 Å². The van der Waals surface area contributed by atoms with Crippen LogP contribution in [0.5, 0.6) is 11.5 Å². The fourth-order valence-electron chi connectivity index (χ4n) is 1.80. The molecule has 0 fully saturated rings. The Kier molecular flexibility index (Phi) is 3.72. The first kappa shape index (κ1) is 12.3. The summed E-state index contributed by atoms with van der Waals surface area (Å²) >= 11 is 0.